The first kappa shape index (κ1) is 11.9. The lowest BCUT2D eigenvalue weighted by Crippen LogP contribution is -2.16. The smallest absolute Gasteiger partial charge is 0.313 e. The molecule has 13 heavy (non-hydrogen) atoms. The summed E-state index contributed by atoms with van der Waals surface area (Å²) >= 11 is 0. The maximum absolute atomic E-state index is 11.3. The molecular weight excluding hydrogens is 164 g/mol. The van der Waals surface area contributed by atoms with E-state index >= 15 is 0 Å². The quantitative estimate of drug-likeness (QED) is 0.493. The number of methoxy groups -OCH3 is 1. The second kappa shape index (κ2) is 5.57. The molecule has 0 saturated heterocycles. The van der Waals surface area contributed by atoms with Gasteiger partial charge in [0.1, 0.15) is 0 Å². The van der Waals surface area contributed by atoms with Gasteiger partial charge < -0.3 is 4.74 Å². The van der Waals surface area contributed by atoms with Crippen LogP contribution in [0.15, 0.2) is 23.8 Å². The molecule has 0 aromatic carbocycles. The van der Waals surface area contributed by atoms with E-state index in [1.807, 2.05) is 26.8 Å². The molecule has 0 fully saturated rings. The van der Waals surface area contributed by atoms with Gasteiger partial charge in [0.05, 0.1) is 13.0 Å². The van der Waals surface area contributed by atoms with Crippen molar-refractivity contribution in [1.29, 1.82) is 0 Å². The summed E-state index contributed by atoms with van der Waals surface area (Å²) in [7, 11) is 1.40. The van der Waals surface area contributed by atoms with Gasteiger partial charge in [-0.3, -0.25) is 4.79 Å². The number of esters is 1. The van der Waals surface area contributed by atoms with Crippen LogP contribution in [0.2, 0.25) is 0 Å². The average Bonchev–Trinajstić information content (AvgIpc) is 2.03. The third kappa shape index (κ3) is 4.51. The highest BCUT2D eigenvalue weighted by Gasteiger charge is 2.17. The Morgan fingerprint density at radius 1 is 1.46 bits per heavy atom. The van der Waals surface area contributed by atoms with E-state index in [0.29, 0.717) is 6.42 Å². The minimum Gasteiger partial charge on any atom is -0.469 e. The monoisotopic (exact) mass is 182 g/mol. The van der Waals surface area contributed by atoms with Crippen molar-refractivity contribution >= 4 is 5.97 Å². The van der Waals surface area contributed by atoms with E-state index in [-0.39, 0.29) is 11.9 Å². The van der Waals surface area contributed by atoms with Crippen molar-refractivity contribution in [2.45, 2.75) is 27.2 Å². The zero-order valence-corrected chi connectivity index (χ0v) is 8.89. The molecule has 0 bridgehead atoms. The Balaban J connectivity index is 4.36. The standard InChI is InChI=1S/C11H18O2/c1-8(2)6-7-10(9(3)4)11(12)13-5/h6,10H,3,7H2,1-2,4-5H3. The van der Waals surface area contributed by atoms with Gasteiger partial charge in [0, 0.05) is 0 Å². The van der Waals surface area contributed by atoms with Crippen molar-refractivity contribution in [3.8, 4) is 0 Å². The molecule has 0 rings (SSSR count). The first-order valence-electron chi connectivity index (χ1n) is 4.35. The molecule has 0 aliphatic heterocycles. The maximum atomic E-state index is 11.3. The molecule has 0 aromatic rings. The summed E-state index contributed by atoms with van der Waals surface area (Å²) in [5, 5.41) is 0. The Hall–Kier alpha value is -1.05. The SMILES string of the molecule is C=C(C)C(CC=C(C)C)C(=O)OC. The van der Waals surface area contributed by atoms with Crippen molar-refractivity contribution in [3.63, 3.8) is 0 Å². The number of rotatable bonds is 4. The summed E-state index contributed by atoms with van der Waals surface area (Å²) in [6.45, 7) is 9.63. The third-order valence-electron chi connectivity index (χ3n) is 1.84. The van der Waals surface area contributed by atoms with Gasteiger partial charge in [-0.05, 0) is 27.2 Å². The number of hydrogen-bond acceptors (Lipinski definition) is 2. The van der Waals surface area contributed by atoms with Crippen LogP contribution < -0.4 is 0 Å². The van der Waals surface area contributed by atoms with Gasteiger partial charge in [0.15, 0.2) is 0 Å². The van der Waals surface area contributed by atoms with E-state index in [4.69, 9.17) is 0 Å². The molecule has 1 atom stereocenters. The van der Waals surface area contributed by atoms with Crippen molar-refractivity contribution in [2.75, 3.05) is 7.11 Å². The van der Waals surface area contributed by atoms with Gasteiger partial charge in [-0.1, -0.05) is 23.8 Å². The fraction of sp³-hybridized carbons (Fsp3) is 0.545. The van der Waals surface area contributed by atoms with Crippen molar-refractivity contribution in [2.24, 2.45) is 5.92 Å². The van der Waals surface area contributed by atoms with E-state index in [0.717, 1.165) is 5.57 Å². The Morgan fingerprint density at radius 3 is 2.31 bits per heavy atom. The molecule has 0 heterocycles. The molecule has 2 heteroatoms. The van der Waals surface area contributed by atoms with E-state index in [9.17, 15) is 4.79 Å². The Kier molecular flexibility index (Phi) is 5.12. The lowest BCUT2D eigenvalue weighted by atomic mass is 9.97. The number of carbonyl (C=O) groups excluding carboxylic acids is 1. The molecular formula is C11H18O2. The molecule has 0 aromatic heterocycles. The first-order valence-corrected chi connectivity index (χ1v) is 4.35. The van der Waals surface area contributed by atoms with E-state index < -0.39 is 0 Å². The van der Waals surface area contributed by atoms with Crippen LogP contribution in [0.4, 0.5) is 0 Å². The number of ether oxygens (including phenoxy) is 1. The highest BCUT2D eigenvalue weighted by molar-refractivity contribution is 5.75. The summed E-state index contributed by atoms with van der Waals surface area (Å²) in [5.41, 5.74) is 2.06. The van der Waals surface area contributed by atoms with Crippen molar-refractivity contribution < 1.29 is 9.53 Å². The van der Waals surface area contributed by atoms with Gasteiger partial charge in [-0.2, -0.15) is 0 Å². The van der Waals surface area contributed by atoms with Crippen molar-refractivity contribution in [3.05, 3.63) is 23.8 Å². The van der Waals surface area contributed by atoms with Crippen molar-refractivity contribution in [1.82, 2.24) is 0 Å². The summed E-state index contributed by atoms with van der Waals surface area (Å²) in [6.07, 6.45) is 2.71. The van der Waals surface area contributed by atoms with Gasteiger partial charge in [-0.25, -0.2) is 0 Å². The van der Waals surface area contributed by atoms with Gasteiger partial charge in [-0.15, -0.1) is 0 Å². The highest BCUT2D eigenvalue weighted by atomic mass is 16.5. The predicted octanol–water partition coefficient (Wildman–Crippen LogP) is 2.71. The summed E-state index contributed by atoms with van der Waals surface area (Å²) in [5.74, 6) is -0.398. The molecule has 0 amide bonds. The second-order valence-electron chi connectivity index (χ2n) is 3.44. The minimum atomic E-state index is -0.204. The fourth-order valence-corrected chi connectivity index (χ4v) is 0.994. The molecule has 2 nitrogen and oxygen atoms in total. The molecule has 0 aliphatic carbocycles. The summed E-state index contributed by atoms with van der Waals surface area (Å²) < 4.78 is 4.68. The molecule has 0 radical (unpaired) electrons. The topological polar surface area (TPSA) is 26.3 Å². The van der Waals surface area contributed by atoms with Crippen LogP contribution in [-0.4, -0.2) is 13.1 Å². The van der Waals surface area contributed by atoms with E-state index in [1.54, 1.807) is 0 Å². The van der Waals surface area contributed by atoms with Crippen LogP contribution in [0.1, 0.15) is 27.2 Å². The number of allylic oxidation sites excluding steroid dienone is 2. The van der Waals surface area contributed by atoms with E-state index in [2.05, 4.69) is 11.3 Å². The first-order chi connectivity index (χ1) is 5.99. The zero-order chi connectivity index (χ0) is 10.4. The molecule has 1 unspecified atom stereocenters. The van der Waals surface area contributed by atoms with Gasteiger partial charge >= 0.3 is 5.97 Å². The van der Waals surface area contributed by atoms with Crippen LogP contribution >= 0.6 is 0 Å². The van der Waals surface area contributed by atoms with Gasteiger partial charge in [0.2, 0.25) is 0 Å². The third-order valence-corrected chi connectivity index (χ3v) is 1.84. The predicted molar refractivity (Wildman–Crippen MR) is 54.4 cm³/mol. The Bertz CT molecular complexity index is 222. The zero-order valence-electron chi connectivity index (χ0n) is 8.89. The van der Waals surface area contributed by atoms with Crippen LogP contribution in [0, 0.1) is 5.92 Å². The van der Waals surface area contributed by atoms with Crippen LogP contribution in [0.5, 0.6) is 0 Å². The molecule has 0 saturated carbocycles. The fourth-order valence-electron chi connectivity index (χ4n) is 0.994. The maximum Gasteiger partial charge on any atom is 0.313 e. The Morgan fingerprint density at radius 2 is 2.00 bits per heavy atom. The largest absolute Gasteiger partial charge is 0.469 e. The van der Waals surface area contributed by atoms with Crippen LogP contribution in [0.25, 0.3) is 0 Å². The second-order valence-corrected chi connectivity index (χ2v) is 3.44. The highest BCUT2D eigenvalue weighted by Crippen LogP contribution is 2.16. The average molecular weight is 182 g/mol. The minimum absolute atomic E-state index is 0.195. The summed E-state index contributed by atoms with van der Waals surface area (Å²) in [6, 6.07) is 0. The summed E-state index contributed by atoms with van der Waals surface area (Å²) in [4.78, 5) is 11.3. The lowest BCUT2D eigenvalue weighted by molar-refractivity contribution is -0.143. The van der Waals surface area contributed by atoms with Gasteiger partial charge in [0.25, 0.3) is 0 Å². The molecule has 74 valence electrons. The van der Waals surface area contributed by atoms with Crippen LogP contribution in [0.3, 0.4) is 0 Å². The van der Waals surface area contributed by atoms with Crippen LogP contribution in [-0.2, 0) is 9.53 Å². The lowest BCUT2D eigenvalue weighted by Gasteiger charge is -2.12. The van der Waals surface area contributed by atoms with E-state index in [1.165, 1.54) is 12.7 Å². The molecule has 0 spiro atoms. The normalized spacial score (nSPS) is 11.7. The number of hydrogen-bond donors (Lipinski definition) is 0. The molecule has 0 aliphatic rings. The molecule has 0 N–H and O–H groups in total. The number of carbonyl (C=O) groups is 1. The Labute approximate surface area is 80.3 Å².